The lowest BCUT2D eigenvalue weighted by Crippen LogP contribution is -2.43. The molecule has 0 aromatic heterocycles. The maximum Gasteiger partial charge on any atom is 0.314 e. The van der Waals surface area contributed by atoms with Gasteiger partial charge in [0.2, 0.25) is 5.92 Å². The summed E-state index contributed by atoms with van der Waals surface area (Å²) >= 11 is 0. The van der Waals surface area contributed by atoms with Gasteiger partial charge in [-0.3, -0.25) is 4.79 Å². The molecule has 0 atom stereocenters. The van der Waals surface area contributed by atoms with Gasteiger partial charge in [0.05, 0.1) is 5.41 Å². The van der Waals surface area contributed by atoms with Crippen LogP contribution in [0.1, 0.15) is 36.8 Å². The largest absolute Gasteiger partial charge is 0.481 e. The number of carboxylic acid groups (broad SMARTS) is 1. The minimum absolute atomic E-state index is 0.123. The third-order valence-corrected chi connectivity index (χ3v) is 3.95. The third-order valence-electron chi connectivity index (χ3n) is 3.95. The molecule has 0 amide bonds. The number of rotatable bonds is 2. The van der Waals surface area contributed by atoms with Gasteiger partial charge in [0.1, 0.15) is 5.82 Å². The Bertz CT molecular complexity index is 501. The maximum atomic E-state index is 13.2. The highest BCUT2D eigenvalue weighted by molar-refractivity contribution is 5.82. The zero-order valence-electron chi connectivity index (χ0n) is 10.5. The van der Waals surface area contributed by atoms with Crippen LogP contribution in [0.2, 0.25) is 0 Å². The topological polar surface area (TPSA) is 37.3 Å². The van der Waals surface area contributed by atoms with E-state index < -0.39 is 36.0 Å². The second-order valence-corrected chi connectivity index (χ2v) is 5.20. The number of benzene rings is 1. The molecule has 0 saturated heterocycles. The first-order valence-corrected chi connectivity index (χ1v) is 6.15. The Morgan fingerprint density at radius 3 is 2.26 bits per heavy atom. The van der Waals surface area contributed by atoms with Crippen molar-refractivity contribution >= 4 is 5.97 Å². The summed E-state index contributed by atoms with van der Waals surface area (Å²) in [6, 6.07) is 3.83. The maximum absolute atomic E-state index is 13.2. The van der Waals surface area contributed by atoms with Gasteiger partial charge in [-0.05, 0) is 43.0 Å². The quantitative estimate of drug-likeness (QED) is 0.892. The zero-order valence-corrected chi connectivity index (χ0v) is 10.5. The molecule has 0 heterocycles. The Labute approximate surface area is 109 Å². The van der Waals surface area contributed by atoms with Crippen molar-refractivity contribution in [2.75, 3.05) is 0 Å². The molecule has 2 nitrogen and oxygen atoms in total. The van der Waals surface area contributed by atoms with Gasteiger partial charge in [-0.25, -0.2) is 13.2 Å². The first-order valence-electron chi connectivity index (χ1n) is 6.15. The monoisotopic (exact) mass is 272 g/mol. The summed E-state index contributed by atoms with van der Waals surface area (Å²) in [5.74, 6) is -4.37. The Morgan fingerprint density at radius 1 is 1.21 bits per heavy atom. The number of hydrogen-bond acceptors (Lipinski definition) is 1. The molecule has 1 saturated carbocycles. The zero-order chi connectivity index (χ0) is 14.3. The Morgan fingerprint density at radius 2 is 1.79 bits per heavy atom. The predicted octanol–water partition coefficient (Wildman–Crippen LogP) is 3.67. The van der Waals surface area contributed by atoms with Crippen molar-refractivity contribution in [2.45, 2.75) is 43.9 Å². The Balaban J connectivity index is 2.44. The standard InChI is InChI=1S/C14H15F3O2/c1-9-8-10(15)2-3-11(9)13(12(18)19)4-6-14(16,17)7-5-13/h2-3,8H,4-7H2,1H3,(H,18,19). The number of carbonyl (C=O) groups is 1. The summed E-state index contributed by atoms with van der Waals surface area (Å²) in [6.07, 6.45) is -1.14. The van der Waals surface area contributed by atoms with E-state index in [1.165, 1.54) is 18.2 Å². The summed E-state index contributed by atoms with van der Waals surface area (Å²) in [4.78, 5) is 11.6. The van der Waals surface area contributed by atoms with E-state index in [1.54, 1.807) is 6.92 Å². The highest BCUT2D eigenvalue weighted by Gasteiger charge is 2.49. The second-order valence-electron chi connectivity index (χ2n) is 5.20. The van der Waals surface area contributed by atoms with E-state index in [2.05, 4.69) is 0 Å². The third kappa shape index (κ3) is 2.46. The summed E-state index contributed by atoms with van der Waals surface area (Å²) in [5.41, 5.74) is -0.385. The predicted molar refractivity (Wildman–Crippen MR) is 63.9 cm³/mol. The van der Waals surface area contributed by atoms with Crippen LogP contribution in [-0.2, 0) is 10.2 Å². The molecule has 1 fully saturated rings. The van der Waals surface area contributed by atoms with Crippen molar-refractivity contribution in [2.24, 2.45) is 0 Å². The van der Waals surface area contributed by atoms with Crippen LogP contribution in [0.5, 0.6) is 0 Å². The van der Waals surface area contributed by atoms with Crippen LogP contribution in [0.15, 0.2) is 18.2 Å². The summed E-state index contributed by atoms with van der Waals surface area (Å²) < 4.78 is 39.6. The molecule has 104 valence electrons. The first kappa shape index (κ1) is 13.9. The van der Waals surface area contributed by atoms with E-state index in [1.807, 2.05) is 0 Å². The van der Waals surface area contributed by atoms with Gasteiger partial charge in [-0.1, -0.05) is 6.07 Å². The minimum Gasteiger partial charge on any atom is -0.481 e. The SMILES string of the molecule is Cc1cc(F)ccc1C1(C(=O)O)CCC(F)(F)CC1. The molecule has 5 heteroatoms. The van der Waals surface area contributed by atoms with Crippen molar-refractivity contribution in [1.29, 1.82) is 0 Å². The molecule has 2 rings (SSSR count). The van der Waals surface area contributed by atoms with Crippen LogP contribution in [0, 0.1) is 12.7 Å². The van der Waals surface area contributed by atoms with Gasteiger partial charge in [0, 0.05) is 12.8 Å². The van der Waals surface area contributed by atoms with Gasteiger partial charge in [-0.2, -0.15) is 0 Å². The lowest BCUT2D eigenvalue weighted by molar-refractivity contribution is -0.149. The molecular formula is C14H15F3O2. The molecule has 0 radical (unpaired) electrons. The number of aliphatic carboxylic acids is 1. The molecule has 0 bridgehead atoms. The van der Waals surface area contributed by atoms with Gasteiger partial charge in [0.25, 0.3) is 0 Å². The van der Waals surface area contributed by atoms with E-state index in [-0.39, 0.29) is 12.8 Å². The number of alkyl halides is 2. The summed E-state index contributed by atoms with van der Waals surface area (Å²) in [7, 11) is 0. The first-order chi connectivity index (χ1) is 8.77. The number of hydrogen-bond donors (Lipinski definition) is 1. The van der Waals surface area contributed by atoms with Gasteiger partial charge < -0.3 is 5.11 Å². The molecule has 1 N–H and O–H groups in total. The van der Waals surface area contributed by atoms with Crippen molar-refractivity contribution in [3.05, 3.63) is 35.1 Å². The molecule has 0 spiro atoms. The van der Waals surface area contributed by atoms with Gasteiger partial charge in [0.15, 0.2) is 0 Å². The van der Waals surface area contributed by atoms with Crippen LogP contribution < -0.4 is 0 Å². The van der Waals surface area contributed by atoms with E-state index in [4.69, 9.17) is 0 Å². The van der Waals surface area contributed by atoms with Crippen LogP contribution in [-0.4, -0.2) is 17.0 Å². The van der Waals surface area contributed by atoms with Crippen LogP contribution in [0.3, 0.4) is 0 Å². The lowest BCUT2D eigenvalue weighted by atomic mass is 9.67. The highest BCUT2D eigenvalue weighted by Crippen LogP contribution is 2.46. The average molecular weight is 272 g/mol. The lowest BCUT2D eigenvalue weighted by Gasteiger charge is -2.37. The van der Waals surface area contributed by atoms with Gasteiger partial charge >= 0.3 is 5.97 Å². The Hall–Kier alpha value is -1.52. The summed E-state index contributed by atoms with van der Waals surface area (Å²) in [5, 5.41) is 9.47. The number of carboxylic acids is 1. The smallest absolute Gasteiger partial charge is 0.314 e. The molecule has 1 aliphatic rings. The van der Waals surface area contributed by atoms with E-state index in [0.29, 0.717) is 11.1 Å². The Kier molecular flexibility index (Phi) is 3.32. The molecule has 1 aliphatic carbocycles. The van der Waals surface area contributed by atoms with Crippen molar-refractivity contribution in [3.8, 4) is 0 Å². The van der Waals surface area contributed by atoms with E-state index in [0.717, 1.165) is 0 Å². The van der Waals surface area contributed by atoms with Crippen molar-refractivity contribution in [1.82, 2.24) is 0 Å². The molecule has 0 unspecified atom stereocenters. The van der Waals surface area contributed by atoms with E-state index >= 15 is 0 Å². The van der Waals surface area contributed by atoms with Crippen molar-refractivity contribution in [3.63, 3.8) is 0 Å². The molecule has 19 heavy (non-hydrogen) atoms. The van der Waals surface area contributed by atoms with Crippen LogP contribution in [0.4, 0.5) is 13.2 Å². The second kappa shape index (κ2) is 4.54. The fourth-order valence-corrected chi connectivity index (χ4v) is 2.80. The summed E-state index contributed by atoms with van der Waals surface area (Å²) in [6.45, 7) is 1.61. The molecule has 1 aromatic carbocycles. The average Bonchev–Trinajstić information content (AvgIpc) is 2.30. The minimum atomic E-state index is -2.80. The normalized spacial score (nSPS) is 21.1. The van der Waals surface area contributed by atoms with Crippen LogP contribution in [0.25, 0.3) is 0 Å². The number of aryl methyl sites for hydroxylation is 1. The molecule has 0 aliphatic heterocycles. The van der Waals surface area contributed by atoms with Crippen molar-refractivity contribution < 1.29 is 23.1 Å². The highest BCUT2D eigenvalue weighted by atomic mass is 19.3. The molecular weight excluding hydrogens is 257 g/mol. The van der Waals surface area contributed by atoms with Gasteiger partial charge in [-0.15, -0.1) is 0 Å². The fourth-order valence-electron chi connectivity index (χ4n) is 2.80. The van der Waals surface area contributed by atoms with E-state index in [9.17, 15) is 23.1 Å². The molecule has 1 aromatic rings. The van der Waals surface area contributed by atoms with Crippen LogP contribution >= 0.6 is 0 Å². The number of halogens is 3. The fraction of sp³-hybridized carbons (Fsp3) is 0.500.